The van der Waals surface area contributed by atoms with Crippen molar-refractivity contribution >= 4 is 6.03 Å². The lowest BCUT2D eigenvalue weighted by atomic mass is 9.98. The van der Waals surface area contributed by atoms with Gasteiger partial charge >= 0.3 is 6.03 Å². The summed E-state index contributed by atoms with van der Waals surface area (Å²) in [7, 11) is 0. The zero-order chi connectivity index (χ0) is 10.3. The lowest BCUT2D eigenvalue weighted by molar-refractivity contribution is -0.263. The average Bonchev–Trinajstić information content (AvgIpc) is 2.25. The third-order valence-corrected chi connectivity index (χ3v) is 2.14. The van der Waals surface area contributed by atoms with Crippen molar-refractivity contribution < 1.29 is 25.2 Å². The molecule has 0 aliphatic carbocycles. The normalized spacial score (nSPS) is 39.1. The Balaban J connectivity index is 3.02. The van der Waals surface area contributed by atoms with E-state index in [1.54, 1.807) is 0 Å². The molecule has 0 saturated carbocycles. The zero-order valence-electron chi connectivity index (χ0n) is 6.98. The van der Waals surface area contributed by atoms with Crippen LogP contribution in [0.3, 0.4) is 0 Å². The van der Waals surface area contributed by atoms with Crippen LogP contribution in [0.15, 0.2) is 0 Å². The van der Waals surface area contributed by atoms with Gasteiger partial charge in [-0.1, -0.05) is 6.92 Å². The summed E-state index contributed by atoms with van der Waals surface area (Å²) in [5, 5.41) is 40.5. The van der Waals surface area contributed by atoms with Crippen molar-refractivity contribution in [3.05, 3.63) is 0 Å². The summed E-state index contributed by atoms with van der Waals surface area (Å²) in [6.07, 6.45) is -2.34. The molecule has 0 aromatic rings. The number of hydrogen-bond donors (Lipinski definition) is 6. The molecule has 6 N–H and O–H groups in total. The molecule has 1 aliphatic heterocycles. The molecule has 76 valence electrons. The van der Waals surface area contributed by atoms with E-state index in [1.165, 1.54) is 6.92 Å². The predicted molar refractivity (Wildman–Crippen MR) is 40.1 cm³/mol. The van der Waals surface area contributed by atoms with Crippen LogP contribution in [0.4, 0.5) is 4.79 Å². The Morgan fingerprint density at radius 3 is 2.23 bits per heavy atom. The molecule has 1 saturated heterocycles. The number of nitrogens with one attached hydrogen (secondary N) is 2. The van der Waals surface area contributed by atoms with Gasteiger partial charge in [-0.15, -0.1) is 0 Å². The average molecular weight is 192 g/mol. The van der Waals surface area contributed by atoms with Crippen LogP contribution >= 0.6 is 0 Å². The smallest absolute Gasteiger partial charge is 0.319 e. The van der Waals surface area contributed by atoms with Crippen molar-refractivity contribution in [2.75, 3.05) is 0 Å². The molecular formula is C6H12N2O5. The number of hydrogen-bond acceptors (Lipinski definition) is 5. The first kappa shape index (κ1) is 10.2. The Morgan fingerprint density at radius 2 is 1.92 bits per heavy atom. The van der Waals surface area contributed by atoms with Gasteiger partial charge in [0.05, 0.1) is 0 Å². The quantitative estimate of drug-likeness (QED) is 0.268. The van der Waals surface area contributed by atoms with E-state index in [1.807, 2.05) is 10.6 Å². The monoisotopic (exact) mass is 192 g/mol. The van der Waals surface area contributed by atoms with Crippen molar-refractivity contribution in [1.29, 1.82) is 0 Å². The van der Waals surface area contributed by atoms with Crippen molar-refractivity contribution in [3.8, 4) is 0 Å². The molecule has 7 heteroatoms. The van der Waals surface area contributed by atoms with E-state index in [9.17, 15) is 15.0 Å². The summed E-state index contributed by atoms with van der Waals surface area (Å²) < 4.78 is 0. The standard InChI is InChI=1S/C6H12N2O5/c1-2-5(12)6(13,3(9)10)8-4(11)7-5/h3,9-10,12-13H,2H2,1H3,(H2,7,8,11). The van der Waals surface area contributed by atoms with Crippen LogP contribution in [0.1, 0.15) is 13.3 Å². The maximum absolute atomic E-state index is 10.8. The molecule has 2 amide bonds. The molecule has 0 spiro atoms. The first-order chi connectivity index (χ1) is 5.85. The van der Waals surface area contributed by atoms with E-state index in [2.05, 4.69) is 0 Å². The van der Waals surface area contributed by atoms with Crippen LogP contribution in [-0.2, 0) is 0 Å². The highest BCUT2D eigenvalue weighted by Crippen LogP contribution is 2.27. The van der Waals surface area contributed by atoms with E-state index < -0.39 is 23.8 Å². The van der Waals surface area contributed by atoms with Crippen LogP contribution in [0.5, 0.6) is 0 Å². The first-order valence-corrected chi connectivity index (χ1v) is 3.77. The number of amides is 2. The summed E-state index contributed by atoms with van der Waals surface area (Å²) >= 11 is 0. The van der Waals surface area contributed by atoms with Gasteiger partial charge in [-0.2, -0.15) is 0 Å². The summed E-state index contributed by atoms with van der Waals surface area (Å²) in [4.78, 5) is 10.8. The van der Waals surface area contributed by atoms with Crippen LogP contribution in [0.2, 0.25) is 0 Å². The minimum Gasteiger partial charge on any atom is -0.366 e. The molecule has 0 radical (unpaired) electrons. The lowest BCUT2D eigenvalue weighted by Gasteiger charge is -2.35. The minimum atomic E-state index is -2.47. The third kappa shape index (κ3) is 1.25. The fourth-order valence-electron chi connectivity index (χ4n) is 1.23. The molecule has 13 heavy (non-hydrogen) atoms. The van der Waals surface area contributed by atoms with Crippen LogP contribution in [-0.4, -0.2) is 44.2 Å². The lowest BCUT2D eigenvalue weighted by Crippen LogP contribution is -2.66. The highest BCUT2D eigenvalue weighted by atomic mass is 16.5. The van der Waals surface area contributed by atoms with Crippen LogP contribution < -0.4 is 10.6 Å². The summed E-state index contributed by atoms with van der Waals surface area (Å²) in [6.45, 7) is 1.47. The third-order valence-electron chi connectivity index (χ3n) is 2.14. The second-order valence-electron chi connectivity index (χ2n) is 2.93. The molecule has 0 bridgehead atoms. The zero-order valence-corrected chi connectivity index (χ0v) is 6.98. The molecule has 1 rings (SSSR count). The minimum absolute atomic E-state index is 0.0696. The van der Waals surface area contributed by atoms with Crippen molar-refractivity contribution in [1.82, 2.24) is 10.6 Å². The number of aliphatic hydroxyl groups excluding tert-OH is 1. The van der Waals surface area contributed by atoms with Crippen LogP contribution in [0, 0.1) is 0 Å². The highest BCUT2D eigenvalue weighted by molar-refractivity contribution is 5.78. The topological polar surface area (TPSA) is 122 Å². The van der Waals surface area contributed by atoms with Gasteiger partial charge < -0.3 is 31.1 Å². The van der Waals surface area contributed by atoms with Crippen LogP contribution in [0.25, 0.3) is 0 Å². The molecule has 7 nitrogen and oxygen atoms in total. The first-order valence-electron chi connectivity index (χ1n) is 3.77. The Hall–Kier alpha value is -0.890. The molecule has 2 unspecified atom stereocenters. The fraction of sp³-hybridized carbons (Fsp3) is 0.833. The number of carbonyl (C=O) groups excluding carboxylic acids is 1. The predicted octanol–water partition coefficient (Wildman–Crippen LogP) is -2.60. The second kappa shape index (κ2) is 2.81. The van der Waals surface area contributed by atoms with Gasteiger partial charge in [0.25, 0.3) is 0 Å². The molecule has 0 aromatic heterocycles. The Morgan fingerprint density at radius 1 is 1.38 bits per heavy atom. The van der Waals surface area contributed by atoms with E-state index in [0.29, 0.717) is 0 Å². The molecule has 1 fully saturated rings. The number of urea groups is 1. The molecular weight excluding hydrogens is 180 g/mol. The number of aliphatic hydroxyl groups is 4. The Labute approximate surface area is 74.0 Å². The molecule has 0 aromatic carbocycles. The number of rotatable bonds is 2. The molecule has 2 atom stereocenters. The van der Waals surface area contributed by atoms with Gasteiger partial charge in [0.2, 0.25) is 12.0 Å². The van der Waals surface area contributed by atoms with Gasteiger partial charge in [0, 0.05) is 0 Å². The highest BCUT2D eigenvalue weighted by Gasteiger charge is 2.60. The van der Waals surface area contributed by atoms with E-state index >= 15 is 0 Å². The van der Waals surface area contributed by atoms with E-state index in [4.69, 9.17) is 10.2 Å². The van der Waals surface area contributed by atoms with Gasteiger partial charge in [-0.05, 0) is 6.42 Å². The maximum Gasteiger partial charge on any atom is 0.319 e. The van der Waals surface area contributed by atoms with E-state index in [0.717, 1.165) is 0 Å². The molecule has 1 aliphatic rings. The van der Waals surface area contributed by atoms with Crippen molar-refractivity contribution in [2.45, 2.75) is 31.1 Å². The number of carbonyl (C=O) groups is 1. The van der Waals surface area contributed by atoms with Crippen molar-refractivity contribution in [2.24, 2.45) is 0 Å². The SMILES string of the molecule is CCC1(O)NC(=O)NC1(O)C(O)O. The Bertz CT molecular complexity index is 233. The van der Waals surface area contributed by atoms with Gasteiger partial charge in [0.1, 0.15) is 0 Å². The fourth-order valence-corrected chi connectivity index (χ4v) is 1.23. The van der Waals surface area contributed by atoms with Gasteiger partial charge in [-0.3, -0.25) is 0 Å². The second-order valence-corrected chi connectivity index (χ2v) is 2.93. The summed E-state index contributed by atoms with van der Waals surface area (Å²) in [5.41, 5.74) is -4.54. The largest absolute Gasteiger partial charge is 0.366 e. The summed E-state index contributed by atoms with van der Waals surface area (Å²) in [5.74, 6) is 0. The maximum atomic E-state index is 10.8. The van der Waals surface area contributed by atoms with Crippen molar-refractivity contribution in [3.63, 3.8) is 0 Å². The van der Waals surface area contributed by atoms with E-state index in [-0.39, 0.29) is 6.42 Å². The van der Waals surface area contributed by atoms with Gasteiger partial charge in [0.15, 0.2) is 5.72 Å². The summed E-state index contributed by atoms with van der Waals surface area (Å²) in [6, 6.07) is -0.861. The Kier molecular flexibility index (Phi) is 2.20. The van der Waals surface area contributed by atoms with Gasteiger partial charge in [-0.25, -0.2) is 4.79 Å². The molecule has 1 heterocycles.